The van der Waals surface area contributed by atoms with E-state index in [1.165, 1.54) is 31.4 Å². The Morgan fingerprint density at radius 1 is 1.10 bits per heavy atom. The van der Waals surface area contributed by atoms with Crippen LogP contribution in [0.2, 0.25) is 0 Å². The zero-order valence-electron chi connectivity index (χ0n) is 16.1. The molecule has 0 saturated carbocycles. The molecule has 1 heterocycles. The summed E-state index contributed by atoms with van der Waals surface area (Å²) in [7, 11) is 2.96. The highest BCUT2D eigenvalue weighted by Crippen LogP contribution is 2.24. The van der Waals surface area contributed by atoms with Crippen molar-refractivity contribution in [1.82, 2.24) is 10.2 Å². The van der Waals surface area contributed by atoms with Crippen LogP contribution in [0.1, 0.15) is 24.5 Å². The predicted molar refractivity (Wildman–Crippen MR) is 103 cm³/mol. The maximum atomic E-state index is 13.7. The number of aromatic nitrogens is 2. The Morgan fingerprint density at radius 2 is 1.86 bits per heavy atom. The van der Waals surface area contributed by atoms with Crippen molar-refractivity contribution in [3.63, 3.8) is 0 Å². The molecule has 7 nitrogen and oxygen atoms in total. The minimum atomic E-state index is -0.751. The van der Waals surface area contributed by atoms with Crippen LogP contribution < -0.4 is 9.47 Å². The van der Waals surface area contributed by atoms with Crippen LogP contribution in [0.15, 0.2) is 53.0 Å². The standard InChI is InChI=1S/C21H19FN2O5/c1-13(20-23-24-21(29-20)15-6-8-16(26-2)9-7-15)28-19(25)11-5-14-4-10-18(27-3)17(22)12-14/h4-13H,1-3H3/b11-5+/t13-/m1/s1. The molecule has 0 aliphatic heterocycles. The van der Waals surface area contributed by atoms with Crippen LogP contribution in [-0.2, 0) is 9.53 Å². The molecule has 0 spiro atoms. The molecule has 0 aliphatic rings. The van der Waals surface area contributed by atoms with Gasteiger partial charge in [-0.2, -0.15) is 0 Å². The van der Waals surface area contributed by atoms with Crippen molar-refractivity contribution in [1.29, 1.82) is 0 Å². The number of esters is 1. The van der Waals surface area contributed by atoms with Crippen LogP contribution >= 0.6 is 0 Å². The van der Waals surface area contributed by atoms with Crippen LogP contribution in [0.5, 0.6) is 11.5 Å². The molecule has 2 aromatic carbocycles. The van der Waals surface area contributed by atoms with Gasteiger partial charge in [-0.3, -0.25) is 0 Å². The van der Waals surface area contributed by atoms with Crippen molar-refractivity contribution in [2.24, 2.45) is 0 Å². The highest BCUT2D eigenvalue weighted by Gasteiger charge is 2.18. The van der Waals surface area contributed by atoms with Crippen LogP contribution in [0.25, 0.3) is 17.5 Å². The first-order chi connectivity index (χ1) is 14.0. The Labute approximate surface area is 166 Å². The zero-order valence-corrected chi connectivity index (χ0v) is 16.1. The van der Waals surface area contributed by atoms with Crippen LogP contribution in [-0.4, -0.2) is 30.4 Å². The van der Waals surface area contributed by atoms with Crippen molar-refractivity contribution >= 4 is 12.0 Å². The number of hydrogen-bond donors (Lipinski definition) is 0. The Bertz CT molecular complexity index is 1010. The first-order valence-corrected chi connectivity index (χ1v) is 8.70. The van der Waals surface area contributed by atoms with E-state index in [2.05, 4.69) is 10.2 Å². The monoisotopic (exact) mass is 398 g/mol. The smallest absolute Gasteiger partial charge is 0.331 e. The lowest BCUT2D eigenvalue weighted by molar-refractivity contribution is -0.143. The third kappa shape index (κ3) is 4.98. The summed E-state index contributed by atoms with van der Waals surface area (Å²) in [4.78, 5) is 12.0. The maximum Gasteiger partial charge on any atom is 0.331 e. The molecule has 0 bridgehead atoms. The average molecular weight is 398 g/mol. The van der Waals surface area contributed by atoms with Gasteiger partial charge in [0.25, 0.3) is 5.89 Å². The number of nitrogens with zero attached hydrogens (tertiary/aromatic N) is 2. The SMILES string of the molecule is COc1ccc(-c2nnc([C@@H](C)OC(=O)/C=C/c3ccc(OC)c(F)c3)o2)cc1. The molecule has 1 aromatic heterocycles. The van der Waals surface area contributed by atoms with Gasteiger partial charge in [-0.25, -0.2) is 9.18 Å². The quantitative estimate of drug-likeness (QED) is 0.435. The molecule has 0 radical (unpaired) electrons. The topological polar surface area (TPSA) is 83.7 Å². The van der Waals surface area contributed by atoms with Crippen molar-refractivity contribution in [2.75, 3.05) is 14.2 Å². The lowest BCUT2D eigenvalue weighted by Gasteiger charge is -2.07. The number of halogens is 1. The first kappa shape index (κ1) is 20.1. The molecule has 3 rings (SSSR count). The fourth-order valence-corrected chi connectivity index (χ4v) is 2.46. The maximum absolute atomic E-state index is 13.7. The van der Waals surface area contributed by atoms with E-state index in [0.29, 0.717) is 22.8 Å². The third-order valence-corrected chi connectivity index (χ3v) is 4.01. The zero-order chi connectivity index (χ0) is 20.8. The highest BCUT2D eigenvalue weighted by atomic mass is 19.1. The van der Waals surface area contributed by atoms with Gasteiger partial charge in [-0.1, -0.05) is 6.07 Å². The summed E-state index contributed by atoms with van der Waals surface area (Å²) in [6.45, 7) is 1.62. The molecule has 0 aliphatic carbocycles. The number of rotatable bonds is 7. The molecule has 150 valence electrons. The summed E-state index contributed by atoms with van der Waals surface area (Å²) in [6.07, 6.45) is 1.88. The molecule has 0 saturated heterocycles. The third-order valence-electron chi connectivity index (χ3n) is 4.01. The summed E-state index contributed by atoms with van der Waals surface area (Å²) in [5, 5.41) is 7.89. The van der Waals surface area contributed by atoms with Gasteiger partial charge in [0.15, 0.2) is 17.7 Å². The summed E-state index contributed by atoms with van der Waals surface area (Å²) in [5.41, 5.74) is 1.21. The number of hydrogen-bond acceptors (Lipinski definition) is 7. The van der Waals surface area contributed by atoms with Gasteiger partial charge < -0.3 is 18.6 Å². The lowest BCUT2D eigenvalue weighted by Crippen LogP contribution is -2.06. The summed E-state index contributed by atoms with van der Waals surface area (Å²) < 4.78 is 34.5. The fourth-order valence-electron chi connectivity index (χ4n) is 2.46. The number of ether oxygens (including phenoxy) is 3. The molecule has 0 unspecified atom stereocenters. The van der Waals surface area contributed by atoms with Crippen LogP contribution in [0.3, 0.4) is 0 Å². The normalized spacial score (nSPS) is 12.0. The molecule has 0 amide bonds. The average Bonchev–Trinajstić information content (AvgIpc) is 3.23. The van der Waals surface area contributed by atoms with E-state index in [1.54, 1.807) is 44.4 Å². The Morgan fingerprint density at radius 3 is 2.52 bits per heavy atom. The van der Waals surface area contributed by atoms with Gasteiger partial charge in [-0.05, 0) is 55.0 Å². The highest BCUT2D eigenvalue weighted by molar-refractivity contribution is 5.87. The molecule has 29 heavy (non-hydrogen) atoms. The summed E-state index contributed by atoms with van der Waals surface area (Å²) in [5.74, 6) is 0.149. The molecule has 3 aromatic rings. The van der Waals surface area contributed by atoms with E-state index in [4.69, 9.17) is 18.6 Å². The largest absolute Gasteiger partial charge is 0.497 e. The molecule has 1 atom stereocenters. The van der Waals surface area contributed by atoms with E-state index in [-0.39, 0.29) is 11.6 Å². The van der Waals surface area contributed by atoms with E-state index in [0.717, 1.165) is 0 Å². The molecular weight excluding hydrogens is 379 g/mol. The number of benzene rings is 2. The molecule has 0 N–H and O–H groups in total. The van der Waals surface area contributed by atoms with Crippen LogP contribution in [0.4, 0.5) is 4.39 Å². The second kappa shape index (κ2) is 9.01. The number of carbonyl (C=O) groups excluding carboxylic acids is 1. The summed E-state index contributed by atoms with van der Waals surface area (Å²) in [6, 6.07) is 11.5. The minimum absolute atomic E-state index is 0.127. The van der Waals surface area contributed by atoms with Crippen molar-refractivity contribution in [3.05, 3.63) is 65.8 Å². The van der Waals surface area contributed by atoms with Gasteiger partial charge in [0, 0.05) is 11.6 Å². The van der Waals surface area contributed by atoms with Crippen molar-refractivity contribution < 1.29 is 27.8 Å². The second-order valence-electron chi connectivity index (χ2n) is 5.98. The molecule has 8 heteroatoms. The van der Waals surface area contributed by atoms with E-state index >= 15 is 0 Å². The fraction of sp³-hybridized carbons (Fsp3) is 0.190. The van der Waals surface area contributed by atoms with Gasteiger partial charge in [0.05, 0.1) is 14.2 Å². The summed E-state index contributed by atoms with van der Waals surface area (Å²) >= 11 is 0. The number of carbonyl (C=O) groups is 1. The Kier molecular flexibility index (Phi) is 6.23. The van der Waals surface area contributed by atoms with Crippen molar-refractivity contribution in [2.45, 2.75) is 13.0 Å². The Balaban J connectivity index is 1.62. The van der Waals surface area contributed by atoms with E-state index in [9.17, 15) is 9.18 Å². The van der Waals surface area contributed by atoms with Gasteiger partial charge >= 0.3 is 5.97 Å². The predicted octanol–water partition coefficient (Wildman–Crippen LogP) is 4.21. The second-order valence-corrected chi connectivity index (χ2v) is 5.98. The lowest BCUT2D eigenvalue weighted by atomic mass is 10.2. The first-order valence-electron chi connectivity index (χ1n) is 8.70. The van der Waals surface area contributed by atoms with Crippen molar-refractivity contribution in [3.8, 4) is 23.0 Å². The van der Waals surface area contributed by atoms with Gasteiger partial charge in [0.2, 0.25) is 5.89 Å². The van der Waals surface area contributed by atoms with E-state index in [1.807, 2.05) is 0 Å². The Hall–Kier alpha value is -3.68. The van der Waals surface area contributed by atoms with Gasteiger partial charge in [-0.15, -0.1) is 10.2 Å². The molecular formula is C21H19FN2O5. The minimum Gasteiger partial charge on any atom is -0.497 e. The van der Waals surface area contributed by atoms with Gasteiger partial charge in [0.1, 0.15) is 5.75 Å². The van der Waals surface area contributed by atoms with E-state index < -0.39 is 17.9 Å². The molecule has 0 fully saturated rings. The number of methoxy groups -OCH3 is 2. The van der Waals surface area contributed by atoms with Crippen LogP contribution in [0, 0.1) is 5.82 Å².